The highest BCUT2D eigenvalue weighted by Crippen LogP contribution is 2.24. The molecule has 2 heteroatoms. The molecule has 0 aromatic heterocycles. The monoisotopic (exact) mass is 285 g/mol. The van der Waals surface area contributed by atoms with Crippen molar-refractivity contribution < 1.29 is 4.39 Å². The summed E-state index contributed by atoms with van der Waals surface area (Å²) in [6, 6.07) is 11.6. The zero-order valence-electron chi connectivity index (χ0n) is 13.5. The zero-order chi connectivity index (χ0) is 15.6. The van der Waals surface area contributed by atoms with E-state index in [2.05, 4.69) is 52.1 Å². The minimum Gasteiger partial charge on any atom is -0.304 e. The maximum Gasteiger partial charge on any atom is 0.123 e. The van der Waals surface area contributed by atoms with E-state index in [1.165, 1.54) is 34.4 Å². The number of rotatable bonds is 4. The highest BCUT2D eigenvalue weighted by Gasteiger charge is 2.14. The second-order valence-electron chi connectivity index (χ2n) is 5.95. The van der Waals surface area contributed by atoms with Crippen LogP contribution >= 0.6 is 0 Å². The van der Waals surface area contributed by atoms with Gasteiger partial charge in [0, 0.05) is 12.1 Å². The van der Waals surface area contributed by atoms with E-state index in [0.717, 1.165) is 5.56 Å². The third-order valence-electron chi connectivity index (χ3n) is 4.22. The van der Waals surface area contributed by atoms with Crippen molar-refractivity contribution in [1.29, 1.82) is 0 Å². The molecule has 0 aliphatic heterocycles. The molecule has 0 radical (unpaired) electrons. The van der Waals surface area contributed by atoms with E-state index in [1.54, 1.807) is 0 Å². The summed E-state index contributed by atoms with van der Waals surface area (Å²) >= 11 is 0. The molecule has 0 amide bonds. The Balaban J connectivity index is 2.15. The topological polar surface area (TPSA) is 12.0 Å². The number of hydrogen-bond acceptors (Lipinski definition) is 1. The van der Waals surface area contributed by atoms with Gasteiger partial charge in [0.25, 0.3) is 0 Å². The van der Waals surface area contributed by atoms with Gasteiger partial charge in [0.05, 0.1) is 0 Å². The van der Waals surface area contributed by atoms with Gasteiger partial charge in [-0.25, -0.2) is 4.39 Å². The first-order valence-corrected chi connectivity index (χ1v) is 7.47. The Morgan fingerprint density at radius 2 is 1.38 bits per heavy atom. The molecule has 0 bridgehead atoms. The lowest BCUT2D eigenvalue weighted by molar-refractivity contribution is 0.492. The van der Waals surface area contributed by atoms with Crippen molar-refractivity contribution in [3.63, 3.8) is 0 Å². The van der Waals surface area contributed by atoms with Gasteiger partial charge in [-0.15, -0.1) is 0 Å². The van der Waals surface area contributed by atoms with E-state index < -0.39 is 0 Å². The molecular formula is C19H24FN. The Hall–Kier alpha value is -1.67. The third kappa shape index (κ3) is 3.70. The fourth-order valence-corrected chi connectivity index (χ4v) is 2.76. The van der Waals surface area contributed by atoms with Crippen molar-refractivity contribution >= 4 is 0 Å². The van der Waals surface area contributed by atoms with Crippen LogP contribution in [-0.4, -0.2) is 0 Å². The molecule has 112 valence electrons. The van der Waals surface area contributed by atoms with Crippen LogP contribution in [0, 0.1) is 26.6 Å². The SMILES string of the molecule is Cc1cc(C)c(C(C)N[C@@H](C)c2ccc(F)cc2)cc1C. The quantitative estimate of drug-likeness (QED) is 0.818. The Labute approximate surface area is 127 Å². The largest absolute Gasteiger partial charge is 0.304 e. The van der Waals surface area contributed by atoms with E-state index in [9.17, 15) is 4.39 Å². The van der Waals surface area contributed by atoms with Crippen LogP contribution in [0.4, 0.5) is 4.39 Å². The van der Waals surface area contributed by atoms with Crippen LogP contribution in [0.25, 0.3) is 0 Å². The maximum atomic E-state index is 13.0. The second kappa shape index (κ2) is 6.40. The second-order valence-corrected chi connectivity index (χ2v) is 5.95. The highest BCUT2D eigenvalue weighted by atomic mass is 19.1. The smallest absolute Gasteiger partial charge is 0.123 e. The molecule has 0 heterocycles. The molecular weight excluding hydrogens is 261 g/mol. The summed E-state index contributed by atoms with van der Waals surface area (Å²) in [6.07, 6.45) is 0. The van der Waals surface area contributed by atoms with Crippen molar-refractivity contribution in [1.82, 2.24) is 5.32 Å². The lowest BCUT2D eigenvalue weighted by Gasteiger charge is -2.23. The van der Waals surface area contributed by atoms with Crippen molar-refractivity contribution in [2.45, 2.75) is 46.7 Å². The fraction of sp³-hybridized carbons (Fsp3) is 0.368. The minimum absolute atomic E-state index is 0.182. The molecule has 21 heavy (non-hydrogen) atoms. The van der Waals surface area contributed by atoms with Crippen LogP contribution in [0.5, 0.6) is 0 Å². The molecule has 0 saturated heterocycles. The molecule has 1 N–H and O–H groups in total. The van der Waals surface area contributed by atoms with Gasteiger partial charge in [-0.1, -0.05) is 24.3 Å². The summed E-state index contributed by atoms with van der Waals surface area (Å²) in [5, 5.41) is 3.60. The van der Waals surface area contributed by atoms with Crippen LogP contribution in [0.15, 0.2) is 36.4 Å². The van der Waals surface area contributed by atoms with Crippen LogP contribution in [0.2, 0.25) is 0 Å². The molecule has 2 aromatic carbocycles. The molecule has 2 aromatic rings. The van der Waals surface area contributed by atoms with Gasteiger partial charge in [0.2, 0.25) is 0 Å². The molecule has 0 aliphatic carbocycles. The first-order chi connectivity index (χ1) is 9.88. The zero-order valence-corrected chi connectivity index (χ0v) is 13.5. The molecule has 0 aliphatic rings. The van der Waals surface area contributed by atoms with Gasteiger partial charge in [-0.3, -0.25) is 0 Å². The van der Waals surface area contributed by atoms with E-state index in [4.69, 9.17) is 0 Å². The molecule has 0 spiro atoms. The normalized spacial score (nSPS) is 14.0. The molecule has 0 fully saturated rings. The number of nitrogens with one attached hydrogen (secondary N) is 1. The van der Waals surface area contributed by atoms with Gasteiger partial charge in [-0.05, 0) is 74.6 Å². The summed E-state index contributed by atoms with van der Waals surface area (Å²) < 4.78 is 13.0. The van der Waals surface area contributed by atoms with Gasteiger partial charge in [-0.2, -0.15) is 0 Å². The number of hydrogen-bond donors (Lipinski definition) is 1. The molecule has 2 atom stereocenters. The predicted molar refractivity (Wildman–Crippen MR) is 87.0 cm³/mol. The average Bonchev–Trinajstić information content (AvgIpc) is 2.43. The molecule has 1 nitrogen and oxygen atoms in total. The van der Waals surface area contributed by atoms with Crippen molar-refractivity contribution in [3.8, 4) is 0 Å². The maximum absolute atomic E-state index is 13.0. The standard InChI is InChI=1S/C19H24FN/c1-12-10-14(3)19(11-13(12)2)16(5)21-15(4)17-6-8-18(20)9-7-17/h6-11,15-16,21H,1-5H3/t15-,16?/m0/s1. The molecule has 2 rings (SSSR count). The highest BCUT2D eigenvalue weighted by molar-refractivity contribution is 5.38. The lowest BCUT2D eigenvalue weighted by atomic mass is 9.95. The summed E-state index contributed by atoms with van der Waals surface area (Å²) in [5.74, 6) is -0.191. The van der Waals surface area contributed by atoms with Gasteiger partial charge in [0.15, 0.2) is 0 Å². The van der Waals surface area contributed by atoms with Crippen molar-refractivity contribution in [2.24, 2.45) is 0 Å². The van der Waals surface area contributed by atoms with E-state index in [1.807, 2.05) is 12.1 Å². The number of benzene rings is 2. The number of aryl methyl sites for hydroxylation is 3. The van der Waals surface area contributed by atoms with Crippen molar-refractivity contribution in [3.05, 3.63) is 70.0 Å². The average molecular weight is 285 g/mol. The lowest BCUT2D eigenvalue weighted by Crippen LogP contribution is -2.23. The van der Waals surface area contributed by atoms with E-state index >= 15 is 0 Å². The predicted octanol–water partition coefficient (Wildman–Crippen LogP) is 5.16. The Morgan fingerprint density at radius 3 is 2.00 bits per heavy atom. The summed E-state index contributed by atoms with van der Waals surface area (Å²) in [5.41, 5.74) is 6.38. The first-order valence-electron chi connectivity index (χ1n) is 7.47. The van der Waals surface area contributed by atoms with Crippen molar-refractivity contribution in [2.75, 3.05) is 0 Å². The Kier molecular flexibility index (Phi) is 4.79. The Bertz CT molecular complexity index is 616. The summed E-state index contributed by atoms with van der Waals surface area (Å²) in [7, 11) is 0. The van der Waals surface area contributed by atoms with Gasteiger partial charge in [0.1, 0.15) is 5.82 Å². The Morgan fingerprint density at radius 1 is 0.810 bits per heavy atom. The first kappa shape index (κ1) is 15.7. The number of halogens is 1. The van der Waals surface area contributed by atoms with E-state index in [-0.39, 0.29) is 17.9 Å². The van der Waals surface area contributed by atoms with Crippen LogP contribution < -0.4 is 5.32 Å². The minimum atomic E-state index is -0.191. The summed E-state index contributed by atoms with van der Waals surface area (Å²) in [4.78, 5) is 0. The van der Waals surface area contributed by atoms with Gasteiger partial charge >= 0.3 is 0 Å². The van der Waals surface area contributed by atoms with Crippen LogP contribution in [0.3, 0.4) is 0 Å². The third-order valence-corrected chi connectivity index (χ3v) is 4.22. The van der Waals surface area contributed by atoms with Crippen LogP contribution in [-0.2, 0) is 0 Å². The van der Waals surface area contributed by atoms with Gasteiger partial charge < -0.3 is 5.32 Å². The van der Waals surface area contributed by atoms with Crippen LogP contribution in [0.1, 0.15) is 53.7 Å². The van der Waals surface area contributed by atoms with E-state index in [0.29, 0.717) is 0 Å². The molecule has 1 unspecified atom stereocenters. The fourth-order valence-electron chi connectivity index (χ4n) is 2.76. The summed E-state index contributed by atoms with van der Waals surface area (Å²) in [6.45, 7) is 10.7. The molecule has 0 saturated carbocycles.